The number of fused-ring (bicyclic) bond motifs is 4. The molecule has 2 aromatic carbocycles. The average molecular weight is 441 g/mol. The van der Waals surface area contributed by atoms with E-state index in [0.29, 0.717) is 6.42 Å². The van der Waals surface area contributed by atoms with Crippen molar-refractivity contribution in [3.63, 3.8) is 0 Å². The van der Waals surface area contributed by atoms with Gasteiger partial charge in [-0.3, -0.25) is 4.57 Å². The number of para-hydroxylation sites is 1. The van der Waals surface area contributed by atoms with Gasteiger partial charge in [-0.1, -0.05) is 35.6 Å². The normalized spacial score (nSPS) is 11.7. The number of methoxy groups -OCH3 is 1. The Balaban J connectivity index is 1.49. The third kappa shape index (κ3) is 2.87. The van der Waals surface area contributed by atoms with Gasteiger partial charge in [0.2, 0.25) is 0 Å². The molecule has 4 heterocycles. The van der Waals surface area contributed by atoms with Gasteiger partial charge in [0.1, 0.15) is 12.1 Å². The summed E-state index contributed by atoms with van der Waals surface area (Å²) >= 11 is 1.67. The number of nitrogens with zero attached hydrogens (tertiary/aromatic N) is 6. The molecule has 0 saturated heterocycles. The van der Waals surface area contributed by atoms with Crippen molar-refractivity contribution in [1.82, 2.24) is 29.1 Å². The molecular formula is C24H20N6OS. The second-order valence-corrected chi connectivity index (χ2v) is 8.78. The van der Waals surface area contributed by atoms with Crippen LogP contribution in [0, 0.1) is 13.8 Å². The Hall–Kier alpha value is -3.78. The highest BCUT2D eigenvalue weighted by Gasteiger charge is 2.20. The number of hydrogen-bond donors (Lipinski definition) is 0. The summed E-state index contributed by atoms with van der Waals surface area (Å²) in [5.74, 6) is 1.60. The van der Waals surface area contributed by atoms with Crippen molar-refractivity contribution < 1.29 is 4.74 Å². The highest BCUT2D eigenvalue weighted by Crippen LogP contribution is 2.33. The van der Waals surface area contributed by atoms with Crippen molar-refractivity contribution in [1.29, 1.82) is 0 Å². The van der Waals surface area contributed by atoms with Gasteiger partial charge < -0.3 is 4.74 Å². The van der Waals surface area contributed by atoms with Crippen LogP contribution >= 0.6 is 11.3 Å². The van der Waals surface area contributed by atoms with Gasteiger partial charge in [-0.15, -0.1) is 5.10 Å². The smallest absolute Gasteiger partial charge is 0.196 e. The van der Waals surface area contributed by atoms with Gasteiger partial charge in [0, 0.05) is 12.1 Å². The van der Waals surface area contributed by atoms with E-state index >= 15 is 0 Å². The summed E-state index contributed by atoms with van der Waals surface area (Å²) in [5, 5.41) is 6.60. The summed E-state index contributed by atoms with van der Waals surface area (Å²) < 4.78 is 10.3. The van der Waals surface area contributed by atoms with Crippen molar-refractivity contribution in [3.8, 4) is 10.9 Å². The van der Waals surface area contributed by atoms with Gasteiger partial charge in [-0.2, -0.15) is 0 Å². The van der Waals surface area contributed by atoms with Gasteiger partial charge in [0.15, 0.2) is 22.3 Å². The number of aryl methyl sites for hydroxylation is 1. The molecule has 0 amide bonds. The molecule has 0 spiro atoms. The van der Waals surface area contributed by atoms with Gasteiger partial charge in [0.25, 0.3) is 0 Å². The number of ether oxygens (including phenoxy) is 1. The van der Waals surface area contributed by atoms with E-state index in [-0.39, 0.29) is 0 Å². The predicted molar refractivity (Wildman–Crippen MR) is 126 cm³/mol. The molecule has 0 aliphatic carbocycles. The summed E-state index contributed by atoms with van der Waals surface area (Å²) in [6.07, 6.45) is 2.38. The summed E-state index contributed by atoms with van der Waals surface area (Å²) in [5.41, 5.74) is 6.05. The minimum absolute atomic E-state index is 0.643. The maximum atomic E-state index is 5.25. The van der Waals surface area contributed by atoms with E-state index < -0.39 is 0 Å². The topological polar surface area (TPSA) is 70.1 Å². The van der Waals surface area contributed by atoms with Crippen LogP contribution in [0.15, 0.2) is 54.9 Å². The predicted octanol–water partition coefficient (Wildman–Crippen LogP) is 4.89. The van der Waals surface area contributed by atoms with E-state index in [1.54, 1.807) is 29.3 Å². The molecular weight excluding hydrogens is 420 g/mol. The molecule has 7 nitrogen and oxygen atoms in total. The number of thiazole rings is 1. The Kier molecular flexibility index (Phi) is 4.22. The van der Waals surface area contributed by atoms with Crippen molar-refractivity contribution in [2.24, 2.45) is 0 Å². The Morgan fingerprint density at radius 3 is 2.56 bits per heavy atom. The molecule has 0 saturated carbocycles. The van der Waals surface area contributed by atoms with E-state index in [4.69, 9.17) is 19.7 Å². The summed E-state index contributed by atoms with van der Waals surface area (Å²) in [6.45, 7) is 4.22. The van der Waals surface area contributed by atoms with Crippen LogP contribution in [-0.2, 0) is 6.42 Å². The highest BCUT2D eigenvalue weighted by atomic mass is 32.1. The molecule has 0 bridgehead atoms. The number of rotatable bonds is 4. The fraction of sp³-hybridized carbons (Fsp3) is 0.167. The largest absolute Gasteiger partial charge is 0.497 e. The molecule has 0 aliphatic rings. The minimum Gasteiger partial charge on any atom is -0.497 e. The maximum Gasteiger partial charge on any atom is 0.196 e. The standard InChI is InChI=1S/C24H20N6OS/c1-14-15(2)30(24-26-18-6-4-5-7-19(18)32-24)22-21(14)23-27-20(28-29(23)13-25-22)12-16-8-10-17(31-3)11-9-16/h4-11,13H,12H2,1-3H3. The van der Waals surface area contributed by atoms with Gasteiger partial charge in [-0.25, -0.2) is 19.5 Å². The Morgan fingerprint density at radius 1 is 0.969 bits per heavy atom. The van der Waals surface area contributed by atoms with E-state index in [9.17, 15) is 0 Å². The molecule has 0 aliphatic heterocycles. The lowest BCUT2D eigenvalue weighted by atomic mass is 10.1. The van der Waals surface area contributed by atoms with Crippen LogP contribution in [0.3, 0.4) is 0 Å². The summed E-state index contributed by atoms with van der Waals surface area (Å²) in [6, 6.07) is 16.2. The van der Waals surface area contributed by atoms with Crippen LogP contribution in [0.4, 0.5) is 0 Å². The molecule has 8 heteroatoms. The van der Waals surface area contributed by atoms with Crippen LogP contribution in [0.2, 0.25) is 0 Å². The molecule has 32 heavy (non-hydrogen) atoms. The van der Waals surface area contributed by atoms with E-state index in [0.717, 1.165) is 60.4 Å². The van der Waals surface area contributed by atoms with Gasteiger partial charge in [0.05, 0.1) is 22.7 Å². The van der Waals surface area contributed by atoms with E-state index in [2.05, 4.69) is 29.6 Å². The third-order valence-electron chi connectivity index (χ3n) is 5.87. The van der Waals surface area contributed by atoms with Crippen molar-refractivity contribution >= 4 is 38.2 Å². The Labute approximate surface area is 188 Å². The van der Waals surface area contributed by atoms with Crippen LogP contribution in [0.5, 0.6) is 5.75 Å². The first kappa shape index (κ1) is 18.9. The second-order valence-electron chi connectivity index (χ2n) is 7.77. The van der Waals surface area contributed by atoms with Crippen LogP contribution < -0.4 is 4.74 Å². The first-order valence-electron chi connectivity index (χ1n) is 10.3. The average Bonchev–Trinajstić information content (AvgIpc) is 3.48. The van der Waals surface area contributed by atoms with Crippen LogP contribution in [0.1, 0.15) is 22.6 Å². The van der Waals surface area contributed by atoms with Gasteiger partial charge >= 0.3 is 0 Å². The van der Waals surface area contributed by atoms with Crippen LogP contribution in [0.25, 0.3) is 32.0 Å². The highest BCUT2D eigenvalue weighted by molar-refractivity contribution is 7.20. The van der Waals surface area contributed by atoms with E-state index in [1.165, 1.54) is 0 Å². The molecule has 6 rings (SSSR count). The zero-order valence-corrected chi connectivity index (χ0v) is 18.7. The lowest BCUT2D eigenvalue weighted by Crippen LogP contribution is -1.98. The molecule has 0 atom stereocenters. The fourth-order valence-electron chi connectivity index (χ4n) is 4.10. The number of aromatic nitrogens is 6. The molecule has 0 radical (unpaired) electrons. The third-order valence-corrected chi connectivity index (χ3v) is 6.89. The fourth-order valence-corrected chi connectivity index (χ4v) is 5.12. The number of benzene rings is 2. The monoisotopic (exact) mass is 440 g/mol. The molecule has 0 fully saturated rings. The lowest BCUT2D eigenvalue weighted by Gasteiger charge is -2.02. The Morgan fingerprint density at radius 2 is 1.78 bits per heavy atom. The molecule has 6 aromatic rings. The molecule has 158 valence electrons. The van der Waals surface area contributed by atoms with Crippen molar-refractivity contribution in [2.75, 3.05) is 7.11 Å². The second kappa shape index (κ2) is 7.13. The zero-order valence-electron chi connectivity index (χ0n) is 17.9. The zero-order chi connectivity index (χ0) is 21.8. The van der Waals surface area contributed by atoms with E-state index in [1.807, 2.05) is 42.5 Å². The molecule has 0 unspecified atom stereocenters. The summed E-state index contributed by atoms with van der Waals surface area (Å²) in [7, 11) is 1.67. The molecule has 0 N–H and O–H groups in total. The first-order valence-corrected chi connectivity index (χ1v) is 11.1. The summed E-state index contributed by atoms with van der Waals surface area (Å²) in [4.78, 5) is 14.5. The SMILES string of the molecule is COc1ccc(Cc2nc3c4c(C)c(C)n(-c5nc6ccccc6s5)c4ncn3n2)cc1. The number of hydrogen-bond acceptors (Lipinski definition) is 6. The lowest BCUT2D eigenvalue weighted by molar-refractivity contribution is 0.414. The quantitative estimate of drug-likeness (QED) is 0.390. The van der Waals surface area contributed by atoms with Crippen molar-refractivity contribution in [2.45, 2.75) is 20.3 Å². The minimum atomic E-state index is 0.643. The Bertz CT molecular complexity index is 1580. The van der Waals surface area contributed by atoms with Crippen LogP contribution in [-0.4, -0.2) is 36.2 Å². The maximum absolute atomic E-state index is 5.25. The van der Waals surface area contributed by atoms with Crippen molar-refractivity contribution in [3.05, 3.63) is 77.5 Å². The first-order chi connectivity index (χ1) is 15.6. The van der Waals surface area contributed by atoms with Gasteiger partial charge in [-0.05, 0) is 49.2 Å². The molecule has 4 aromatic heterocycles.